The maximum Gasteiger partial charge on any atom is 0.513 e. The molecule has 4 heteroatoms. The second-order valence-electron chi connectivity index (χ2n) is 6.41. The summed E-state index contributed by atoms with van der Waals surface area (Å²) in [7, 11) is 0. The smallest absolute Gasteiger partial charge is 0.434 e. The lowest BCUT2D eigenvalue weighted by molar-refractivity contribution is 0.0982. The highest BCUT2D eigenvalue weighted by atomic mass is 35.5. The number of carbonyl (C=O) groups is 1. The predicted octanol–water partition coefficient (Wildman–Crippen LogP) is 7.13. The van der Waals surface area contributed by atoms with E-state index in [4.69, 9.17) is 21.1 Å². The van der Waals surface area contributed by atoms with E-state index < -0.39 is 6.16 Å². The average Bonchev–Trinajstić information content (AvgIpc) is 2.65. The summed E-state index contributed by atoms with van der Waals surface area (Å²) in [4.78, 5) is 12.2. The van der Waals surface area contributed by atoms with Gasteiger partial charge in [-0.05, 0) is 35.4 Å². The first kappa shape index (κ1) is 18.5. The molecule has 3 rings (SSSR count). The first-order valence-corrected chi connectivity index (χ1v) is 9.52. The van der Waals surface area contributed by atoms with Gasteiger partial charge in [0.05, 0.1) is 6.61 Å². The molecular formula is C22H23ClO3. The molecule has 0 aliphatic rings. The Bertz CT molecular complexity index is 904. The summed E-state index contributed by atoms with van der Waals surface area (Å²) in [6, 6.07) is 15.4. The molecule has 3 aromatic carbocycles. The number of halogens is 1. The second kappa shape index (κ2) is 8.91. The summed E-state index contributed by atoms with van der Waals surface area (Å²) >= 11 is 6.15. The molecule has 0 unspecified atom stereocenters. The van der Waals surface area contributed by atoms with Crippen molar-refractivity contribution in [3.8, 4) is 5.75 Å². The van der Waals surface area contributed by atoms with Gasteiger partial charge in [-0.1, -0.05) is 74.5 Å². The van der Waals surface area contributed by atoms with Crippen molar-refractivity contribution in [2.45, 2.75) is 39.0 Å². The number of hydrogen-bond acceptors (Lipinski definition) is 3. The number of hydrogen-bond donors (Lipinski definition) is 0. The van der Waals surface area contributed by atoms with Crippen molar-refractivity contribution < 1.29 is 14.3 Å². The van der Waals surface area contributed by atoms with Crippen molar-refractivity contribution in [3.63, 3.8) is 0 Å². The van der Waals surface area contributed by atoms with E-state index in [1.54, 1.807) is 0 Å². The molecular weight excluding hydrogens is 348 g/mol. The molecule has 0 saturated carbocycles. The Balaban J connectivity index is 1.79. The first-order chi connectivity index (χ1) is 12.7. The van der Waals surface area contributed by atoms with E-state index >= 15 is 0 Å². The van der Waals surface area contributed by atoms with Crippen LogP contribution in [0.25, 0.3) is 21.5 Å². The summed E-state index contributed by atoms with van der Waals surface area (Å²) in [5.41, 5.74) is 0. The van der Waals surface area contributed by atoms with Crippen LogP contribution in [0.3, 0.4) is 0 Å². The van der Waals surface area contributed by atoms with Gasteiger partial charge < -0.3 is 9.47 Å². The fourth-order valence-corrected chi connectivity index (χ4v) is 3.25. The fraction of sp³-hybridized carbons (Fsp3) is 0.318. The minimum absolute atomic E-state index is 0.381. The van der Waals surface area contributed by atoms with Crippen LogP contribution in [0.4, 0.5) is 4.79 Å². The summed E-state index contributed by atoms with van der Waals surface area (Å²) in [6.07, 6.45) is 4.83. The number of fused-ring (bicyclic) bond motifs is 2. The van der Waals surface area contributed by atoms with Crippen molar-refractivity contribution in [2.75, 3.05) is 6.61 Å². The van der Waals surface area contributed by atoms with Gasteiger partial charge in [-0.25, -0.2) is 4.79 Å². The van der Waals surface area contributed by atoms with Crippen LogP contribution in [0.15, 0.2) is 48.5 Å². The molecule has 0 radical (unpaired) electrons. The molecule has 0 aliphatic carbocycles. The van der Waals surface area contributed by atoms with Crippen LogP contribution in [-0.4, -0.2) is 12.8 Å². The van der Waals surface area contributed by atoms with Crippen LogP contribution in [0, 0.1) is 0 Å². The lowest BCUT2D eigenvalue weighted by atomic mass is 10.0. The van der Waals surface area contributed by atoms with Crippen LogP contribution in [0.2, 0.25) is 5.02 Å². The molecule has 0 aromatic heterocycles. The zero-order chi connectivity index (χ0) is 18.4. The molecule has 0 aliphatic heterocycles. The molecule has 0 spiro atoms. The summed E-state index contributed by atoms with van der Waals surface area (Å²) < 4.78 is 10.9. The Morgan fingerprint density at radius 3 is 2.54 bits per heavy atom. The number of ether oxygens (including phenoxy) is 2. The van der Waals surface area contributed by atoms with Crippen molar-refractivity contribution in [3.05, 3.63) is 53.6 Å². The van der Waals surface area contributed by atoms with E-state index in [0.717, 1.165) is 34.4 Å². The van der Waals surface area contributed by atoms with Gasteiger partial charge in [0, 0.05) is 15.8 Å². The summed E-state index contributed by atoms with van der Waals surface area (Å²) in [5.74, 6) is 0.497. The maximum atomic E-state index is 12.2. The van der Waals surface area contributed by atoms with Gasteiger partial charge in [0.2, 0.25) is 0 Å². The molecule has 0 bridgehead atoms. The third-order valence-corrected chi connectivity index (χ3v) is 4.66. The second-order valence-corrected chi connectivity index (χ2v) is 6.84. The molecule has 0 atom stereocenters. The summed E-state index contributed by atoms with van der Waals surface area (Å²) in [5, 5.41) is 4.24. The van der Waals surface area contributed by atoms with Crippen LogP contribution >= 0.6 is 11.6 Å². The van der Waals surface area contributed by atoms with Crippen LogP contribution in [-0.2, 0) is 4.74 Å². The molecule has 0 N–H and O–H groups in total. The van der Waals surface area contributed by atoms with Crippen LogP contribution in [0.5, 0.6) is 5.75 Å². The minimum Gasteiger partial charge on any atom is -0.434 e. The Morgan fingerprint density at radius 1 is 0.923 bits per heavy atom. The van der Waals surface area contributed by atoms with E-state index in [2.05, 4.69) is 13.0 Å². The SMILES string of the molecule is CCCCCCCOC(=O)Oc1c2ccccc2cc2ccc(Cl)cc12. The Hall–Kier alpha value is -2.26. The van der Waals surface area contributed by atoms with Gasteiger partial charge in [0.25, 0.3) is 0 Å². The van der Waals surface area contributed by atoms with Crippen molar-refractivity contribution >= 4 is 39.3 Å². The van der Waals surface area contributed by atoms with Crippen molar-refractivity contribution in [1.82, 2.24) is 0 Å². The van der Waals surface area contributed by atoms with Gasteiger partial charge in [0.15, 0.2) is 0 Å². The van der Waals surface area contributed by atoms with E-state index in [9.17, 15) is 4.79 Å². The topological polar surface area (TPSA) is 35.5 Å². The monoisotopic (exact) mass is 370 g/mol. The quantitative estimate of drug-likeness (QED) is 0.192. The minimum atomic E-state index is -0.668. The molecule has 0 saturated heterocycles. The number of unbranched alkanes of at least 4 members (excludes halogenated alkanes) is 4. The lowest BCUT2D eigenvalue weighted by Gasteiger charge is -2.12. The largest absolute Gasteiger partial charge is 0.513 e. The molecule has 0 fully saturated rings. The highest BCUT2D eigenvalue weighted by Gasteiger charge is 2.14. The normalized spacial score (nSPS) is 11.0. The van der Waals surface area contributed by atoms with Crippen molar-refractivity contribution in [1.29, 1.82) is 0 Å². The zero-order valence-electron chi connectivity index (χ0n) is 15.0. The standard InChI is InChI=1S/C22H23ClO3/c1-2-3-4-5-8-13-25-22(24)26-21-19-10-7-6-9-16(19)14-17-11-12-18(23)15-20(17)21/h6-7,9-12,14-15H,2-5,8,13H2,1H3. The Kier molecular flexibility index (Phi) is 6.35. The highest BCUT2D eigenvalue weighted by molar-refractivity contribution is 6.31. The zero-order valence-corrected chi connectivity index (χ0v) is 15.7. The third kappa shape index (κ3) is 4.47. The van der Waals surface area contributed by atoms with E-state index in [1.807, 2.05) is 42.5 Å². The molecule has 3 aromatic rings. The Morgan fingerprint density at radius 2 is 1.69 bits per heavy atom. The van der Waals surface area contributed by atoms with Gasteiger partial charge in [-0.3, -0.25) is 0 Å². The average molecular weight is 371 g/mol. The number of benzene rings is 3. The number of carbonyl (C=O) groups excluding carboxylic acids is 1. The van der Waals surface area contributed by atoms with Gasteiger partial charge in [0.1, 0.15) is 5.75 Å². The predicted molar refractivity (Wildman–Crippen MR) is 107 cm³/mol. The maximum absolute atomic E-state index is 12.2. The van der Waals surface area contributed by atoms with Gasteiger partial charge in [-0.15, -0.1) is 0 Å². The third-order valence-electron chi connectivity index (χ3n) is 4.43. The van der Waals surface area contributed by atoms with E-state index in [0.29, 0.717) is 17.4 Å². The van der Waals surface area contributed by atoms with E-state index in [-0.39, 0.29) is 0 Å². The molecule has 0 amide bonds. The molecule has 26 heavy (non-hydrogen) atoms. The highest BCUT2D eigenvalue weighted by Crippen LogP contribution is 2.36. The molecule has 0 heterocycles. The Labute approximate surface area is 158 Å². The summed E-state index contributed by atoms with van der Waals surface area (Å²) in [6.45, 7) is 2.56. The van der Waals surface area contributed by atoms with Crippen LogP contribution in [0.1, 0.15) is 39.0 Å². The molecule has 136 valence electrons. The van der Waals surface area contributed by atoms with Gasteiger partial charge in [-0.2, -0.15) is 0 Å². The van der Waals surface area contributed by atoms with Crippen molar-refractivity contribution in [2.24, 2.45) is 0 Å². The fourth-order valence-electron chi connectivity index (χ4n) is 3.08. The lowest BCUT2D eigenvalue weighted by Crippen LogP contribution is -2.12. The molecule has 3 nitrogen and oxygen atoms in total. The van der Waals surface area contributed by atoms with Crippen LogP contribution < -0.4 is 4.74 Å². The first-order valence-electron chi connectivity index (χ1n) is 9.14. The van der Waals surface area contributed by atoms with Gasteiger partial charge >= 0.3 is 6.16 Å². The van der Waals surface area contributed by atoms with E-state index in [1.165, 1.54) is 19.3 Å². The number of rotatable bonds is 7.